The van der Waals surface area contributed by atoms with E-state index < -0.39 is 11.9 Å². The molecule has 0 radical (unpaired) electrons. The number of aromatic nitrogens is 1. The van der Waals surface area contributed by atoms with Crippen LogP contribution in [0.1, 0.15) is 23.0 Å². The highest BCUT2D eigenvalue weighted by molar-refractivity contribution is 5.89. The fraction of sp³-hybridized carbons (Fsp3) is 0.333. The van der Waals surface area contributed by atoms with E-state index in [-0.39, 0.29) is 12.1 Å². The molecule has 0 aliphatic carbocycles. The van der Waals surface area contributed by atoms with Crippen molar-refractivity contribution < 1.29 is 19.8 Å². The highest BCUT2D eigenvalue weighted by atomic mass is 16.4. The lowest BCUT2D eigenvalue weighted by molar-refractivity contribution is -0.137. The summed E-state index contributed by atoms with van der Waals surface area (Å²) in [6, 6.07) is 1.42. The minimum atomic E-state index is -1.02. The molecular formula is C9H11NO4. The number of carboxylic acid groups (broad SMARTS) is 2. The molecule has 5 nitrogen and oxygen atoms in total. The van der Waals surface area contributed by atoms with Crippen molar-refractivity contribution in [1.82, 2.24) is 4.57 Å². The van der Waals surface area contributed by atoms with E-state index in [0.717, 1.165) is 0 Å². The Morgan fingerprint density at radius 1 is 1.43 bits per heavy atom. The van der Waals surface area contributed by atoms with E-state index in [1.807, 2.05) is 0 Å². The zero-order valence-corrected chi connectivity index (χ0v) is 7.73. The van der Waals surface area contributed by atoms with Gasteiger partial charge in [0.2, 0.25) is 0 Å². The van der Waals surface area contributed by atoms with Crippen molar-refractivity contribution in [3.8, 4) is 0 Å². The fourth-order valence-electron chi connectivity index (χ4n) is 1.39. The Bertz CT molecular complexity index is 367. The Labute approximate surface area is 80.6 Å². The van der Waals surface area contributed by atoms with Crippen LogP contribution in [-0.2, 0) is 17.8 Å². The molecule has 1 rings (SSSR count). The topological polar surface area (TPSA) is 79.5 Å². The van der Waals surface area contributed by atoms with E-state index in [1.54, 1.807) is 6.92 Å². The van der Waals surface area contributed by atoms with Crippen LogP contribution in [-0.4, -0.2) is 26.7 Å². The predicted octanol–water partition coefficient (Wildman–Crippen LogP) is 0.833. The van der Waals surface area contributed by atoms with Crippen molar-refractivity contribution in [1.29, 1.82) is 0 Å². The number of rotatable bonds is 4. The third-order valence-corrected chi connectivity index (χ3v) is 1.95. The lowest BCUT2D eigenvalue weighted by Crippen LogP contribution is -2.12. The van der Waals surface area contributed by atoms with Gasteiger partial charge in [-0.2, -0.15) is 0 Å². The van der Waals surface area contributed by atoms with Gasteiger partial charge in [0.25, 0.3) is 0 Å². The van der Waals surface area contributed by atoms with E-state index in [2.05, 4.69) is 0 Å². The van der Waals surface area contributed by atoms with Crippen LogP contribution in [0.3, 0.4) is 0 Å². The van der Waals surface area contributed by atoms with Crippen LogP contribution in [0.15, 0.2) is 12.3 Å². The second-order valence-electron chi connectivity index (χ2n) is 2.86. The highest BCUT2D eigenvalue weighted by Gasteiger charge is 2.14. The molecule has 0 aliphatic heterocycles. The molecule has 5 heteroatoms. The smallest absolute Gasteiger partial charge is 0.337 e. The van der Waals surface area contributed by atoms with Crippen molar-refractivity contribution >= 4 is 11.9 Å². The molecule has 0 atom stereocenters. The molecule has 0 spiro atoms. The first-order valence-electron chi connectivity index (χ1n) is 4.19. The van der Waals surface area contributed by atoms with Gasteiger partial charge >= 0.3 is 11.9 Å². The van der Waals surface area contributed by atoms with Crippen LogP contribution in [0.5, 0.6) is 0 Å². The molecule has 14 heavy (non-hydrogen) atoms. The van der Waals surface area contributed by atoms with Crippen molar-refractivity contribution in [3.05, 3.63) is 23.5 Å². The monoisotopic (exact) mass is 197 g/mol. The van der Waals surface area contributed by atoms with Gasteiger partial charge in [0.05, 0.1) is 5.56 Å². The molecule has 1 aromatic heterocycles. The number of carbonyl (C=O) groups is 2. The average molecular weight is 197 g/mol. The van der Waals surface area contributed by atoms with Crippen LogP contribution >= 0.6 is 0 Å². The molecule has 0 aliphatic rings. The minimum Gasteiger partial charge on any atom is -0.480 e. The maximum atomic E-state index is 10.7. The summed E-state index contributed by atoms with van der Waals surface area (Å²) >= 11 is 0. The number of carboxylic acids is 2. The van der Waals surface area contributed by atoms with Crippen LogP contribution in [0.4, 0.5) is 0 Å². The third-order valence-electron chi connectivity index (χ3n) is 1.95. The van der Waals surface area contributed by atoms with Gasteiger partial charge in [-0.15, -0.1) is 0 Å². The molecule has 0 bridgehead atoms. The number of nitrogens with zero attached hydrogens (tertiary/aromatic N) is 1. The first-order valence-corrected chi connectivity index (χ1v) is 4.19. The normalized spacial score (nSPS) is 10.1. The number of hydrogen-bond acceptors (Lipinski definition) is 2. The third kappa shape index (κ3) is 1.93. The van der Waals surface area contributed by atoms with E-state index in [9.17, 15) is 9.59 Å². The van der Waals surface area contributed by atoms with Gasteiger partial charge in [-0.1, -0.05) is 6.92 Å². The Morgan fingerprint density at radius 2 is 2.07 bits per heavy atom. The van der Waals surface area contributed by atoms with Gasteiger partial charge < -0.3 is 14.8 Å². The highest BCUT2D eigenvalue weighted by Crippen LogP contribution is 2.11. The maximum absolute atomic E-state index is 10.7. The molecule has 0 aromatic carbocycles. The van der Waals surface area contributed by atoms with Crippen molar-refractivity contribution in [3.63, 3.8) is 0 Å². The molecule has 0 unspecified atom stereocenters. The summed E-state index contributed by atoms with van der Waals surface area (Å²) in [6.45, 7) is 1.59. The number of aromatic carboxylic acids is 1. The van der Waals surface area contributed by atoms with Crippen LogP contribution in [0.25, 0.3) is 0 Å². The zero-order chi connectivity index (χ0) is 10.7. The molecule has 0 fully saturated rings. The minimum absolute atomic E-state index is 0.175. The fourth-order valence-corrected chi connectivity index (χ4v) is 1.39. The quantitative estimate of drug-likeness (QED) is 0.749. The maximum Gasteiger partial charge on any atom is 0.337 e. The molecule has 0 saturated heterocycles. The summed E-state index contributed by atoms with van der Waals surface area (Å²) in [4.78, 5) is 21.2. The lowest BCUT2D eigenvalue weighted by Gasteiger charge is -2.04. The summed E-state index contributed by atoms with van der Waals surface area (Å²) in [6.07, 6.45) is 1.98. The van der Waals surface area contributed by atoms with Gasteiger partial charge in [0.15, 0.2) is 0 Å². The van der Waals surface area contributed by atoms with Crippen LogP contribution < -0.4 is 0 Å². The predicted molar refractivity (Wildman–Crippen MR) is 48.4 cm³/mol. The summed E-state index contributed by atoms with van der Waals surface area (Å²) in [5, 5.41) is 17.3. The molecule has 76 valence electrons. The van der Waals surface area contributed by atoms with Crippen molar-refractivity contribution in [2.45, 2.75) is 19.9 Å². The van der Waals surface area contributed by atoms with E-state index in [0.29, 0.717) is 12.1 Å². The second-order valence-corrected chi connectivity index (χ2v) is 2.86. The molecule has 2 N–H and O–H groups in total. The Kier molecular flexibility index (Phi) is 2.91. The molecule has 0 amide bonds. The van der Waals surface area contributed by atoms with Gasteiger partial charge in [0.1, 0.15) is 6.54 Å². The van der Waals surface area contributed by atoms with E-state index in [4.69, 9.17) is 10.2 Å². The molecule has 1 aromatic rings. The van der Waals surface area contributed by atoms with Gasteiger partial charge in [0, 0.05) is 11.9 Å². The first kappa shape index (κ1) is 10.3. The summed E-state index contributed by atoms with van der Waals surface area (Å²) in [5.41, 5.74) is 0.716. The van der Waals surface area contributed by atoms with Crippen LogP contribution in [0.2, 0.25) is 0 Å². The number of aliphatic carboxylic acids is 1. The van der Waals surface area contributed by atoms with Crippen molar-refractivity contribution in [2.75, 3.05) is 0 Å². The molecule has 0 saturated carbocycles. The van der Waals surface area contributed by atoms with Gasteiger partial charge in [-0.05, 0) is 12.5 Å². The van der Waals surface area contributed by atoms with Gasteiger partial charge in [-0.25, -0.2) is 4.79 Å². The lowest BCUT2D eigenvalue weighted by atomic mass is 10.2. The molecular weight excluding hydrogens is 186 g/mol. The van der Waals surface area contributed by atoms with Crippen LogP contribution in [0, 0.1) is 0 Å². The summed E-state index contributed by atoms with van der Waals surface area (Å²) in [5.74, 6) is -2.00. The average Bonchev–Trinajstić information content (AvgIpc) is 2.46. The number of hydrogen-bond donors (Lipinski definition) is 2. The standard InChI is InChI=1S/C9H11NO4/c1-2-7-6(9(13)14)3-4-10(7)5-8(11)12/h3-4H,2,5H2,1H3,(H,11,12)(H,13,14). The Morgan fingerprint density at radius 3 is 2.50 bits per heavy atom. The summed E-state index contributed by atoms with van der Waals surface area (Å²) in [7, 11) is 0. The zero-order valence-electron chi connectivity index (χ0n) is 7.73. The summed E-state index contributed by atoms with van der Waals surface area (Å²) < 4.78 is 1.44. The van der Waals surface area contributed by atoms with E-state index in [1.165, 1.54) is 16.8 Å². The van der Waals surface area contributed by atoms with E-state index >= 15 is 0 Å². The second kappa shape index (κ2) is 3.95. The first-order chi connectivity index (χ1) is 6.56. The SMILES string of the molecule is CCc1c(C(=O)O)ccn1CC(=O)O. The Balaban J connectivity index is 3.07. The van der Waals surface area contributed by atoms with Gasteiger partial charge in [-0.3, -0.25) is 4.79 Å². The largest absolute Gasteiger partial charge is 0.480 e. The molecule has 1 heterocycles. The Hall–Kier alpha value is -1.78. The van der Waals surface area contributed by atoms with Crippen molar-refractivity contribution in [2.24, 2.45) is 0 Å².